The van der Waals surface area contributed by atoms with Crippen LogP contribution in [0.5, 0.6) is 0 Å². The Labute approximate surface area is 223 Å². The van der Waals surface area contributed by atoms with Gasteiger partial charge in [-0.1, -0.05) is 6.07 Å². The van der Waals surface area contributed by atoms with Crippen LogP contribution in [0, 0.1) is 23.1 Å². The number of nitrogens with one attached hydrogen (secondary N) is 1. The summed E-state index contributed by atoms with van der Waals surface area (Å²) < 4.78 is 18.0. The summed E-state index contributed by atoms with van der Waals surface area (Å²) in [6, 6.07) is 7.89. The van der Waals surface area contributed by atoms with Gasteiger partial charge in [0.2, 0.25) is 5.91 Å². The van der Waals surface area contributed by atoms with E-state index in [2.05, 4.69) is 42.6 Å². The lowest BCUT2D eigenvalue weighted by molar-refractivity contribution is -0.125. The van der Waals surface area contributed by atoms with Crippen molar-refractivity contribution in [3.63, 3.8) is 0 Å². The third-order valence-corrected chi connectivity index (χ3v) is 7.02. The first-order chi connectivity index (χ1) is 19.0. The van der Waals surface area contributed by atoms with Gasteiger partial charge in [-0.2, -0.15) is 20.6 Å². The molecule has 196 valence electrons. The van der Waals surface area contributed by atoms with Crippen molar-refractivity contribution in [2.24, 2.45) is 13.0 Å². The lowest BCUT2D eigenvalue weighted by Crippen LogP contribution is -2.40. The summed E-state index contributed by atoms with van der Waals surface area (Å²) in [5.74, 6) is -0.0381. The summed E-state index contributed by atoms with van der Waals surface area (Å²) in [7, 11) is 1.87. The zero-order valence-corrected chi connectivity index (χ0v) is 21.2. The van der Waals surface area contributed by atoms with Gasteiger partial charge in [-0.05, 0) is 30.5 Å². The number of aromatic nitrogens is 7. The molecule has 1 amide bonds. The van der Waals surface area contributed by atoms with Gasteiger partial charge < -0.3 is 10.2 Å². The Morgan fingerprint density at radius 2 is 1.92 bits per heavy atom. The zero-order valence-electron chi connectivity index (χ0n) is 21.2. The van der Waals surface area contributed by atoms with Crippen molar-refractivity contribution in [2.75, 3.05) is 18.0 Å². The van der Waals surface area contributed by atoms with Crippen LogP contribution < -0.4 is 10.2 Å². The Bertz CT molecular complexity index is 1690. The predicted molar refractivity (Wildman–Crippen MR) is 140 cm³/mol. The normalized spacial score (nSPS) is 14.0. The summed E-state index contributed by atoms with van der Waals surface area (Å²) >= 11 is 0. The summed E-state index contributed by atoms with van der Waals surface area (Å²) in [6.45, 7) is 1.71. The minimum atomic E-state index is -0.430. The van der Waals surface area contributed by atoms with Crippen LogP contribution in [0.25, 0.3) is 22.5 Å². The lowest BCUT2D eigenvalue weighted by atomic mass is 9.95. The fraction of sp³-hybridized carbons (Fsp3) is 0.259. The maximum Gasteiger partial charge on any atom is 0.223 e. The van der Waals surface area contributed by atoms with Crippen LogP contribution in [0.1, 0.15) is 24.0 Å². The minimum absolute atomic E-state index is 0.00389. The molecule has 0 bridgehead atoms. The smallest absolute Gasteiger partial charge is 0.223 e. The second-order valence-electron chi connectivity index (χ2n) is 9.59. The number of aryl methyl sites for hydroxylation is 1. The number of fused-ring (bicyclic) bond motifs is 1. The summed E-state index contributed by atoms with van der Waals surface area (Å²) in [4.78, 5) is 19.5. The zero-order chi connectivity index (χ0) is 26.9. The number of anilines is 1. The first kappa shape index (κ1) is 24.3. The third-order valence-electron chi connectivity index (χ3n) is 7.02. The number of nitrogens with zero attached hydrogens (tertiary/aromatic N) is 9. The van der Waals surface area contributed by atoms with Crippen LogP contribution in [0.3, 0.4) is 0 Å². The van der Waals surface area contributed by atoms with E-state index in [9.17, 15) is 14.4 Å². The molecule has 0 unspecified atom stereocenters. The molecule has 0 spiro atoms. The van der Waals surface area contributed by atoms with Crippen LogP contribution in [0.4, 0.5) is 10.1 Å². The number of hydrogen-bond acceptors (Lipinski definition) is 7. The van der Waals surface area contributed by atoms with Gasteiger partial charge in [0, 0.05) is 62.3 Å². The van der Waals surface area contributed by atoms with Gasteiger partial charge in [-0.25, -0.2) is 18.6 Å². The van der Waals surface area contributed by atoms with Crippen LogP contribution in [0.2, 0.25) is 0 Å². The maximum absolute atomic E-state index is 13.2. The molecule has 1 saturated heterocycles. The number of carbonyl (C=O) groups excluding carboxylic acids is 1. The van der Waals surface area contributed by atoms with Gasteiger partial charge in [0.25, 0.3) is 0 Å². The van der Waals surface area contributed by atoms with Crippen LogP contribution in [0.15, 0.2) is 61.6 Å². The standard InChI is InChI=1S/C27H25FN10O/c1-35-15-22(13-32-35)20-8-24(26-21(9-29)12-33-38(26)16-20)36-6-4-19(5-7-36)27(39)31-11-18-2-3-25(30-10-18)37-17-23(28)14-34-37/h2-3,8,10,12-17,19H,4-7,11H2,1H3,(H,31,39). The first-order valence-electron chi connectivity index (χ1n) is 12.6. The molecule has 0 aliphatic carbocycles. The van der Waals surface area contributed by atoms with Gasteiger partial charge in [0.1, 0.15) is 11.6 Å². The van der Waals surface area contributed by atoms with Crippen molar-refractivity contribution in [3.8, 4) is 23.0 Å². The number of nitriles is 1. The van der Waals surface area contributed by atoms with E-state index >= 15 is 0 Å². The molecule has 11 nitrogen and oxygen atoms in total. The molecule has 5 aromatic heterocycles. The second kappa shape index (κ2) is 10.0. The van der Waals surface area contributed by atoms with Crippen LogP contribution in [-0.4, -0.2) is 53.2 Å². The molecule has 0 atom stereocenters. The number of carbonyl (C=O) groups is 1. The molecule has 1 aliphatic heterocycles. The number of amides is 1. The average molecular weight is 525 g/mol. The molecule has 1 aliphatic rings. The van der Waals surface area contributed by atoms with E-state index in [1.54, 1.807) is 33.9 Å². The molecular formula is C27H25FN10O. The van der Waals surface area contributed by atoms with Crippen LogP contribution >= 0.6 is 0 Å². The Morgan fingerprint density at radius 1 is 1.08 bits per heavy atom. The van der Waals surface area contributed by atoms with Gasteiger partial charge >= 0.3 is 0 Å². The Balaban J connectivity index is 1.12. The number of rotatable bonds is 6. The third kappa shape index (κ3) is 4.82. The molecule has 12 heteroatoms. The molecule has 39 heavy (non-hydrogen) atoms. The molecule has 1 fully saturated rings. The highest BCUT2D eigenvalue weighted by atomic mass is 19.1. The first-order valence-corrected chi connectivity index (χ1v) is 12.6. The minimum Gasteiger partial charge on any atom is -0.370 e. The Kier molecular flexibility index (Phi) is 6.24. The second-order valence-corrected chi connectivity index (χ2v) is 9.59. The Morgan fingerprint density at radius 3 is 2.59 bits per heavy atom. The highest BCUT2D eigenvalue weighted by molar-refractivity contribution is 5.84. The molecule has 1 N–H and O–H groups in total. The van der Waals surface area contributed by atoms with Gasteiger partial charge in [0.05, 0.1) is 36.0 Å². The van der Waals surface area contributed by atoms with Crippen molar-refractivity contribution in [2.45, 2.75) is 19.4 Å². The average Bonchev–Trinajstić information content (AvgIpc) is 3.71. The van der Waals surface area contributed by atoms with Crippen molar-refractivity contribution < 1.29 is 9.18 Å². The number of piperidine rings is 1. The monoisotopic (exact) mass is 524 g/mol. The van der Waals surface area contributed by atoms with E-state index < -0.39 is 5.82 Å². The summed E-state index contributed by atoms with van der Waals surface area (Å²) in [5.41, 5.74) is 4.96. The highest BCUT2D eigenvalue weighted by Gasteiger charge is 2.27. The van der Waals surface area contributed by atoms with E-state index in [4.69, 9.17) is 0 Å². The molecular weight excluding hydrogens is 499 g/mol. The topological polar surface area (TPSA) is 122 Å². The predicted octanol–water partition coefficient (Wildman–Crippen LogP) is 2.86. The number of hydrogen-bond donors (Lipinski definition) is 1. The van der Waals surface area contributed by atoms with E-state index in [-0.39, 0.29) is 11.8 Å². The van der Waals surface area contributed by atoms with Gasteiger partial charge in [-0.15, -0.1) is 0 Å². The fourth-order valence-corrected chi connectivity index (χ4v) is 4.95. The summed E-state index contributed by atoms with van der Waals surface area (Å²) in [6.07, 6.45) is 12.6. The Hall–Kier alpha value is -5.05. The molecule has 0 aromatic carbocycles. The number of halogens is 1. The molecule has 0 saturated carbocycles. The molecule has 6 heterocycles. The highest BCUT2D eigenvalue weighted by Crippen LogP contribution is 2.33. The maximum atomic E-state index is 13.2. The summed E-state index contributed by atoms with van der Waals surface area (Å²) in [5, 5.41) is 25.3. The SMILES string of the molecule is Cn1cc(-c2cc(N3CCC(C(=O)NCc4ccc(-n5cc(F)cn5)nc4)CC3)c3c(C#N)cnn3c2)cn1. The van der Waals surface area contributed by atoms with E-state index in [1.165, 1.54) is 10.9 Å². The van der Waals surface area contributed by atoms with Crippen LogP contribution in [-0.2, 0) is 18.4 Å². The quantitative estimate of drug-likeness (QED) is 0.362. The van der Waals surface area contributed by atoms with Crippen molar-refractivity contribution >= 4 is 17.1 Å². The van der Waals surface area contributed by atoms with Crippen molar-refractivity contribution in [3.05, 3.63) is 78.5 Å². The van der Waals surface area contributed by atoms with Gasteiger partial charge in [0.15, 0.2) is 11.6 Å². The largest absolute Gasteiger partial charge is 0.370 e. The number of pyridine rings is 2. The van der Waals surface area contributed by atoms with Crippen molar-refractivity contribution in [1.29, 1.82) is 5.26 Å². The fourth-order valence-electron chi connectivity index (χ4n) is 4.95. The van der Waals surface area contributed by atoms with E-state index in [0.717, 1.165) is 34.1 Å². The molecule has 6 rings (SSSR count). The molecule has 5 aromatic rings. The van der Waals surface area contributed by atoms with E-state index in [0.29, 0.717) is 43.9 Å². The lowest BCUT2D eigenvalue weighted by Gasteiger charge is -2.33. The molecule has 0 radical (unpaired) electrons. The van der Waals surface area contributed by atoms with Gasteiger partial charge in [-0.3, -0.25) is 9.48 Å². The van der Waals surface area contributed by atoms with Crippen molar-refractivity contribution in [1.82, 2.24) is 39.5 Å². The van der Waals surface area contributed by atoms with E-state index in [1.807, 2.05) is 25.5 Å².